The van der Waals surface area contributed by atoms with Gasteiger partial charge in [-0.15, -0.1) is 18.3 Å². The Morgan fingerprint density at radius 3 is 2.40 bits per heavy atom. The number of amides is 1. The Hall–Kier alpha value is -1.22. The summed E-state index contributed by atoms with van der Waals surface area (Å²) < 4.78 is 0. The first-order valence-electron chi connectivity index (χ1n) is 7.11. The maximum absolute atomic E-state index is 12.5. The monoisotopic (exact) mass is 291 g/mol. The van der Waals surface area contributed by atoms with Crippen LogP contribution in [0.4, 0.5) is 0 Å². The molecule has 0 unspecified atom stereocenters. The van der Waals surface area contributed by atoms with Gasteiger partial charge < -0.3 is 5.32 Å². The van der Waals surface area contributed by atoms with Crippen LogP contribution in [0.2, 0.25) is 0 Å². The van der Waals surface area contributed by atoms with Crippen molar-refractivity contribution in [3.8, 4) is 0 Å². The predicted molar refractivity (Wildman–Crippen MR) is 88.3 cm³/mol. The molecule has 2 nitrogen and oxygen atoms in total. The van der Waals surface area contributed by atoms with Crippen molar-refractivity contribution in [2.24, 2.45) is 11.8 Å². The van der Waals surface area contributed by atoms with E-state index in [1.54, 1.807) is 11.8 Å². The Labute approximate surface area is 127 Å². The van der Waals surface area contributed by atoms with E-state index in [4.69, 9.17) is 0 Å². The minimum absolute atomic E-state index is 0.0181. The summed E-state index contributed by atoms with van der Waals surface area (Å²) in [5.74, 6) is 1.67. The molecule has 1 amide bonds. The molecule has 0 radical (unpaired) electrons. The number of nitrogens with one attached hydrogen (secondary N) is 1. The summed E-state index contributed by atoms with van der Waals surface area (Å²) >= 11 is 1.64. The van der Waals surface area contributed by atoms with Crippen molar-refractivity contribution in [3.05, 3.63) is 42.5 Å². The summed E-state index contributed by atoms with van der Waals surface area (Å²) in [6, 6.07) is 7.94. The Morgan fingerprint density at radius 2 is 1.85 bits per heavy atom. The molecule has 0 atom stereocenters. The average Bonchev–Trinajstić information content (AvgIpc) is 2.41. The quantitative estimate of drug-likeness (QED) is 0.597. The maximum Gasteiger partial charge on any atom is 0.252 e. The van der Waals surface area contributed by atoms with Crippen LogP contribution >= 0.6 is 11.8 Å². The molecule has 0 heterocycles. The van der Waals surface area contributed by atoms with E-state index >= 15 is 0 Å². The predicted octanol–water partition coefficient (Wildman–Crippen LogP) is 4.38. The minimum atomic E-state index is 0.0181. The molecule has 0 saturated carbocycles. The van der Waals surface area contributed by atoms with Gasteiger partial charge in [0, 0.05) is 16.7 Å². The molecule has 1 aromatic rings. The maximum atomic E-state index is 12.5. The summed E-state index contributed by atoms with van der Waals surface area (Å²) in [4.78, 5) is 13.5. The highest BCUT2D eigenvalue weighted by Crippen LogP contribution is 2.23. The first kappa shape index (κ1) is 16.8. The van der Waals surface area contributed by atoms with Gasteiger partial charge in [0.15, 0.2) is 0 Å². The van der Waals surface area contributed by atoms with Crippen molar-refractivity contribution in [3.63, 3.8) is 0 Å². The molecule has 0 aliphatic rings. The van der Waals surface area contributed by atoms with Crippen LogP contribution < -0.4 is 5.32 Å². The van der Waals surface area contributed by atoms with E-state index in [-0.39, 0.29) is 11.9 Å². The van der Waals surface area contributed by atoms with Crippen molar-refractivity contribution in [1.82, 2.24) is 5.32 Å². The SMILES string of the molecule is C=CCSc1ccccc1C(=O)NC(C(C)C)C(C)C. The van der Waals surface area contributed by atoms with Crippen molar-refractivity contribution in [2.75, 3.05) is 5.75 Å². The number of carbonyl (C=O) groups is 1. The smallest absolute Gasteiger partial charge is 0.252 e. The van der Waals surface area contributed by atoms with Crippen LogP contribution in [0.5, 0.6) is 0 Å². The van der Waals surface area contributed by atoms with Crippen molar-refractivity contribution in [1.29, 1.82) is 0 Å². The Morgan fingerprint density at radius 1 is 1.25 bits per heavy atom. The number of carbonyl (C=O) groups excluding carboxylic acids is 1. The number of hydrogen-bond donors (Lipinski definition) is 1. The fraction of sp³-hybridized carbons (Fsp3) is 0.471. The van der Waals surface area contributed by atoms with E-state index in [0.717, 1.165) is 16.2 Å². The van der Waals surface area contributed by atoms with Crippen LogP contribution in [0.25, 0.3) is 0 Å². The van der Waals surface area contributed by atoms with Crippen LogP contribution in [0, 0.1) is 11.8 Å². The van der Waals surface area contributed by atoms with Gasteiger partial charge in [-0.1, -0.05) is 45.9 Å². The van der Waals surface area contributed by atoms with Gasteiger partial charge in [-0.25, -0.2) is 0 Å². The second-order valence-corrected chi connectivity index (χ2v) is 6.64. The van der Waals surface area contributed by atoms with E-state index in [1.807, 2.05) is 30.3 Å². The van der Waals surface area contributed by atoms with E-state index in [9.17, 15) is 4.79 Å². The third-order valence-corrected chi connectivity index (χ3v) is 4.29. The van der Waals surface area contributed by atoms with Crippen LogP contribution in [0.3, 0.4) is 0 Å². The molecule has 0 bridgehead atoms. The van der Waals surface area contributed by atoms with Crippen LogP contribution in [0.15, 0.2) is 41.8 Å². The van der Waals surface area contributed by atoms with Crippen LogP contribution in [-0.2, 0) is 0 Å². The first-order valence-corrected chi connectivity index (χ1v) is 8.09. The van der Waals surface area contributed by atoms with Gasteiger partial charge in [0.1, 0.15) is 0 Å². The molecule has 0 aromatic heterocycles. The Bertz CT molecular complexity index is 446. The summed E-state index contributed by atoms with van der Waals surface area (Å²) in [6.07, 6.45) is 1.85. The summed E-state index contributed by atoms with van der Waals surface area (Å²) in [6.45, 7) is 12.3. The number of benzene rings is 1. The second-order valence-electron chi connectivity index (χ2n) is 5.58. The lowest BCUT2D eigenvalue weighted by Gasteiger charge is -2.26. The topological polar surface area (TPSA) is 29.1 Å². The molecule has 3 heteroatoms. The molecule has 1 N–H and O–H groups in total. The third-order valence-electron chi connectivity index (χ3n) is 3.22. The van der Waals surface area contributed by atoms with Crippen molar-refractivity contribution >= 4 is 17.7 Å². The van der Waals surface area contributed by atoms with Crippen molar-refractivity contribution in [2.45, 2.75) is 38.6 Å². The fourth-order valence-corrected chi connectivity index (χ4v) is 3.05. The molecule has 0 saturated heterocycles. The molecule has 0 aliphatic carbocycles. The van der Waals surface area contributed by atoms with Gasteiger partial charge in [-0.2, -0.15) is 0 Å². The highest BCUT2D eigenvalue weighted by atomic mass is 32.2. The van der Waals surface area contributed by atoms with Gasteiger partial charge in [0.2, 0.25) is 0 Å². The van der Waals surface area contributed by atoms with Gasteiger partial charge in [0.05, 0.1) is 5.56 Å². The zero-order chi connectivity index (χ0) is 15.1. The minimum Gasteiger partial charge on any atom is -0.349 e. The lowest BCUT2D eigenvalue weighted by molar-refractivity contribution is 0.0907. The average molecular weight is 291 g/mol. The molecule has 110 valence electrons. The Balaban J connectivity index is 2.88. The second kappa shape index (κ2) is 8.15. The van der Waals surface area contributed by atoms with Gasteiger partial charge in [0.25, 0.3) is 5.91 Å². The zero-order valence-corrected chi connectivity index (χ0v) is 13.7. The molecule has 0 spiro atoms. The molecule has 20 heavy (non-hydrogen) atoms. The third kappa shape index (κ3) is 4.71. The van der Waals surface area contributed by atoms with Crippen LogP contribution in [-0.4, -0.2) is 17.7 Å². The number of thioether (sulfide) groups is 1. The summed E-state index contributed by atoms with van der Waals surface area (Å²) in [7, 11) is 0. The lowest BCUT2D eigenvalue weighted by atomic mass is 9.93. The van der Waals surface area contributed by atoms with Crippen LogP contribution in [0.1, 0.15) is 38.1 Å². The van der Waals surface area contributed by atoms with Gasteiger partial charge >= 0.3 is 0 Å². The molecule has 0 fully saturated rings. The summed E-state index contributed by atoms with van der Waals surface area (Å²) in [5, 5.41) is 3.17. The fourth-order valence-electron chi connectivity index (χ4n) is 2.26. The highest BCUT2D eigenvalue weighted by Gasteiger charge is 2.21. The van der Waals surface area contributed by atoms with Gasteiger partial charge in [-0.05, 0) is 24.0 Å². The Kier molecular flexibility index (Phi) is 6.86. The first-order chi connectivity index (χ1) is 9.47. The van der Waals surface area contributed by atoms with E-state index in [0.29, 0.717) is 11.8 Å². The van der Waals surface area contributed by atoms with E-state index in [2.05, 4.69) is 39.6 Å². The van der Waals surface area contributed by atoms with Crippen molar-refractivity contribution < 1.29 is 4.79 Å². The summed E-state index contributed by atoms with van der Waals surface area (Å²) in [5.41, 5.74) is 0.755. The van der Waals surface area contributed by atoms with E-state index < -0.39 is 0 Å². The van der Waals surface area contributed by atoms with Gasteiger partial charge in [-0.3, -0.25) is 4.79 Å². The standard InChI is InChI=1S/C17H25NOS/c1-6-11-20-15-10-8-7-9-14(15)17(19)18-16(12(2)3)13(4)5/h6-10,12-13,16H,1,11H2,2-5H3,(H,18,19). The lowest BCUT2D eigenvalue weighted by Crippen LogP contribution is -2.42. The molecular weight excluding hydrogens is 266 g/mol. The molecular formula is C17H25NOS. The highest BCUT2D eigenvalue weighted by molar-refractivity contribution is 7.99. The molecule has 0 aliphatic heterocycles. The normalized spacial score (nSPS) is 11.2. The van der Waals surface area contributed by atoms with E-state index in [1.165, 1.54) is 0 Å². The zero-order valence-electron chi connectivity index (χ0n) is 12.8. The molecule has 1 rings (SSSR count). The number of rotatable bonds is 7. The number of hydrogen-bond acceptors (Lipinski definition) is 2. The molecule has 1 aromatic carbocycles. The largest absolute Gasteiger partial charge is 0.349 e.